The summed E-state index contributed by atoms with van der Waals surface area (Å²) in [5, 5.41) is 0.967. The van der Waals surface area contributed by atoms with Gasteiger partial charge in [0.1, 0.15) is 5.65 Å². The lowest BCUT2D eigenvalue weighted by Crippen LogP contribution is -2.45. The number of aromatic nitrogens is 2. The largest absolute Gasteiger partial charge is 0.459 e. The molecule has 2 amide bonds. The average Bonchev–Trinajstić information content (AvgIpc) is 2.84. The molecule has 0 saturated carbocycles. The van der Waals surface area contributed by atoms with Gasteiger partial charge in [0.05, 0.1) is 17.4 Å². The Morgan fingerprint density at radius 1 is 1.16 bits per heavy atom. The van der Waals surface area contributed by atoms with Gasteiger partial charge in [-0.25, -0.2) is 14.6 Å². The molecule has 1 fully saturated rings. The number of esters is 1. The minimum Gasteiger partial charge on any atom is -0.459 e. The molecule has 1 N–H and O–H groups in total. The number of likely N-dealkylation sites (tertiary alicyclic amines) is 1. The van der Waals surface area contributed by atoms with Crippen molar-refractivity contribution in [3.8, 4) is 0 Å². The Morgan fingerprint density at radius 2 is 1.87 bits per heavy atom. The van der Waals surface area contributed by atoms with E-state index in [1.165, 1.54) is 0 Å². The van der Waals surface area contributed by atoms with Crippen LogP contribution in [-0.4, -0.2) is 57.5 Å². The van der Waals surface area contributed by atoms with E-state index in [1.54, 1.807) is 17.3 Å². The van der Waals surface area contributed by atoms with Crippen molar-refractivity contribution in [2.45, 2.75) is 64.9 Å². The molecule has 0 bridgehead atoms. The molecule has 2 aromatic heterocycles. The molecule has 0 aliphatic carbocycles. The number of hydrogen-bond acceptors (Lipinski definition) is 4. The summed E-state index contributed by atoms with van der Waals surface area (Å²) in [6, 6.07) is 3.86. The quantitative estimate of drug-likeness (QED) is 0.723. The van der Waals surface area contributed by atoms with E-state index in [0.29, 0.717) is 17.8 Å². The third-order valence-corrected chi connectivity index (χ3v) is 6.05. The van der Waals surface area contributed by atoms with Crippen molar-refractivity contribution in [1.29, 1.82) is 0 Å². The molecule has 31 heavy (non-hydrogen) atoms. The number of aromatic amines is 1. The van der Waals surface area contributed by atoms with Crippen LogP contribution in [0.2, 0.25) is 0 Å². The third-order valence-electron chi connectivity index (χ3n) is 6.05. The van der Waals surface area contributed by atoms with Gasteiger partial charge in [0.15, 0.2) is 0 Å². The van der Waals surface area contributed by atoms with Gasteiger partial charge in [0.25, 0.3) is 0 Å². The van der Waals surface area contributed by atoms with Gasteiger partial charge in [0.2, 0.25) is 0 Å². The lowest BCUT2D eigenvalue weighted by molar-refractivity contribution is -0.140. The van der Waals surface area contributed by atoms with E-state index in [-0.39, 0.29) is 12.1 Å². The summed E-state index contributed by atoms with van der Waals surface area (Å²) < 4.78 is 5.56. The van der Waals surface area contributed by atoms with Gasteiger partial charge in [-0.15, -0.1) is 0 Å². The smallest absolute Gasteiger partial charge is 0.342 e. The highest BCUT2D eigenvalue weighted by Gasteiger charge is 2.38. The zero-order valence-corrected chi connectivity index (χ0v) is 18.9. The zero-order chi connectivity index (χ0) is 22.2. The van der Waals surface area contributed by atoms with Crippen LogP contribution in [0.15, 0.2) is 24.5 Å². The van der Waals surface area contributed by atoms with Crippen LogP contribution >= 0.6 is 0 Å². The maximum Gasteiger partial charge on any atom is 0.342 e. The second-order valence-electron chi connectivity index (χ2n) is 9.47. The summed E-state index contributed by atoms with van der Waals surface area (Å²) in [7, 11) is 0. The first-order valence-electron chi connectivity index (χ1n) is 11.2. The number of fused-ring (bicyclic) bond motifs is 3. The monoisotopic (exact) mass is 424 g/mol. The first-order valence-corrected chi connectivity index (χ1v) is 11.2. The van der Waals surface area contributed by atoms with Gasteiger partial charge in [-0.2, -0.15) is 0 Å². The molecule has 166 valence electrons. The fourth-order valence-corrected chi connectivity index (χ4v) is 4.70. The van der Waals surface area contributed by atoms with Gasteiger partial charge < -0.3 is 14.6 Å². The number of nitrogens with zero attached hydrogens (tertiary/aromatic N) is 3. The number of ether oxygens (including phenoxy) is 1. The van der Waals surface area contributed by atoms with Crippen LogP contribution in [0.5, 0.6) is 0 Å². The molecule has 2 aromatic rings. The van der Waals surface area contributed by atoms with Crippen LogP contribution in [0.3, 0.4) is 0 Å². The van der Waals surface area contributed by atoms with Gasteiger partial charge in [-0.1, -0.05) is 26.7 Å². The summed E-state index contributed by atoms with van der Waals surface area (Å²) in [4.78, 5) is 38.0. The second-order valence-corrected chi connectivity index (χ2v) is 9.47. The maximum atomic E-state index is 13.5. The number of urea groups is 1. The molecule has 0 aromatic carbocycles. The lowest BCUT2D eigenvalue weighted by atomic mass is 9.82. The second kappa shape index (κ2) is 8.36. The molecule has 0 radical (unpaired) electrons. The van der Waals surface area contributed by atoms with Crippen LogP contribution in [0.4, 0.5) is 4.79 Å². The number of H-pyrrole nitrogens is 1. The molecule has 0 unspecified atom stereocenters. The minimum absolute atomic E-state index is 0.0441. The van der Waals surface area contributed by atoms with Crippen molar-refractivity contribution in [1.82, 2.24) is 19.8 Å². The molecule has 7 nitrogen and oxygen atoms in total. The van der Waals surface area contributed by atoms with Crippen molar-refractivity contribution in [2.75, 3.05) is 19.6 Å². The van der Waals surface area contributed by atoms with Crippen molar-refractivity contribution in [3.05, 3.63) is 35.8 Å². The van der Waals surface area contributed by atoms with E-state index in [1.807, 2.05) is 30.9 Å². The minimum atomic E-state index is -0.436. The number of carbonyl (C=O) groups excluding carboxylic acids is 2. The van der Waals surface area contributed by atoms with E-state index in [9.17, 15) is 9.59 Å². The Kier molecular flexibility index (Phi) is 5.77. The molecule has 4 heterocycles. The van der Waals surface area contributed by atoms with Crippen molar-refractivity contribution < 1.29 is 14.3 Å². The molecule has 7 heteroatoms. The van der Waals surface area contributed by atoms with Gasteiger partial charge in [-0.05, 0) is 44.4 Å². The predicted molar refractivity (Wildman–Crippen MR) is 120 cm³/mol. The highest BCUT2D eigenvalue weighted by molar-refractivity contribution is 6.18. The zero-order valence-electron chi connectivity index (χ0n) is 18.9. The maximum absolute atomic E-state index is 13.5. The Bertz CT molecular complexity index is 1010. The summed E-state index contributed by atoms with van der Waals surface area (Å²) in [6.45, 7) is 9.86. The summed E-state index contributed by atoms with van der Waals surface area (Å²) in [5.74, 6) is -0.436. The van der Waals surface area contributed by atoms with Crippen LogP contribution in [0.25, 0.3) is 16.6 Å². The van der Waals surface area contributed by atoms with E-state index < -0.39 is 11.4 Å². The van der Waals surface area contributed by atoms with Gasteiger partial charge in [-0.3, -0.25) is 4.90 Å². The van der Waals surface area contributed by atoms with Crippen LogP contribution < -0.4 is 0 Å². The summed E-state index contributed by atoms with van der Waals surface area (Å²) in [5.41, 5.74) is 2.39. The highest BCUT2D eigenvalue weighted by atomic mass is 16.5. The SMILES string of the molecule is CC(C)OC(=O)C1=CN(C(=O)N2CCCCCC2)CC(C)(C)c2c1[nH]c1ncccc21. The number of nitrogens with one attached hydrogen (secondary N) is 1. The number of carbonyl (C=O) groups is 2. The molecular weight excluding hydrogens is 392 g/mol. The Morgan fingerprint density at radius 3 is 2.55 bits per heavy atom. The Labute approximate surface area is 183 Å². The van der Waals surface area contributed by atoms with Crippen LogP contribution in [-0.2, 0) is 14.9 Å². The third kappa shape index (κ3) is 4.18. The van der Waals surface area contributed by atoms with E-state index >= 15 is 0 Å². The van der Waals surface area contributed by atoms with Gasteiger partial charge >= 0.3 is 12.0 Å². The Balaban J connectivity index is 1.82. The standard InChI is InChI=1S/C24H32N4O3/c1-16(2)31-22(29)18-14-28(23(30)27-12-7-5-6-8-13-27)15-24(3,4)19-17-10-9-11-25-21(17)26-20(18)19/h9-11,14,16H,5-8,12-13,15H2,1-4H3,(H,25,26). The first kappa shape index (κ1) is 21.4. The average molecular weight is 425 g/mol. The molecule has 4 rings (SSSR count). The Hall–Kier alpha value is -2.83. The van der Waals surface area contributed by atoms with Crippen LogP contribution in [0.1, 0.15) is 64.6 Å². The molecular formula is C24H32N4O3. The van der Waals surface area contributed by atoms with Crippen LogP contribution in [0, 0.1) is 0 Å². The number of rotatable bonds is 2. The first-order chi connectivity index (χ1) is 14.8. The molecule has 0 spiro atoms. The number of hydrogen-bond donors (Lipinski definition) is 1. The molecule has 2 aliphatic heterocycles. The lowest BCUT2D eigenvalue weighted by Gasteiger charge is -2.33. The normalized spacial score (nSPS) is 18.9. The fourth-order valence-electron chi connectivity index (χ4n) is 4.70. The predicted octanol–water partition coefficient (Wildman–Crippen LogP) is 4.44. The number of pyridine rings is 1. The van der Waals surface area contributed by atoms with Crippen molar-refractivity contribution in [2.24, 2.45) is 0 Å². The molecule has 1 saturated heterocycles. The molecule has 0 atom stereocenters. The van der Waals surface area contributed by atoms with Gasteiger partial charge in [0, 0.05) is 42.8 Å². The van der Waals surface area contributed by atoms with E-state index in [4.69, 9.17) is 4.74 Å². The summed E-state index contributed by atoms with van der Waals surface area (Å²) in [6.07, 6.45) is 7.50. The highest BCUT2D eigenvalue weighted by Crippen LogP contribution is 2.40. The van der Waals surface area contributed by atoms with Crippen molar-refractivity contribution in [3.63, 3.8) is 0 Å². The van der Waals surface area contributed by atoms with Crippen molar-refractivity contribution >= 4 is 28.6 Å². The molecule has 2 aliphatic rings. The fraction of sp³-hybridized carbons (Fsp3) is 0.542. The number of amides is 2. The van der Waals surface area contributed by atoms with E-state index in [2.05, 4.69) is 23.8 Å². The van der Waals surface area contributed by atoms with E-state index in [0.717, 1.165) is 55.4 Å². The summed E-state index contributed by atoms with van der Waals surface area (Å²) >= 11 is 0. The topological polar surface area (TPSA) is 78.5 Å².